The molecule has 0 unspecified atom stereocenters. The SMILES string of the molecule is CC(=O)O.CC(=O)O.O=S(=O)(NCc1csc(N2CCCC2)n1)c1ccccc1-c1ccncc1. The number of sulfonamides is 1. The highest BCUT2D eigenvalue weighted by Crippen LogP contribution is 2.27. The molecule has 1 aromatic carbocycles. The van der Waals surface area contributed by atoms with E-state index in [1.807, 2.05) is 11.4 Å². The van der Waals surface area contributed by atoms with Gasteiger partial charge in [-0.1, -0.05) is 18.2 Å². The first kappa shape index (κ1) is 27.9. The molecule has 35 heavy (non-hydrogen) atoms. The Balaban J connectivity index is 0.000000473. The topological polar surface area (TPSA) is 150 Å². The minimum Gasteiger partial charge on any atom is -0.481 e. The van der Waals surface area contributed by atoms with E-state index < -0.39 is 22.0 Å². The lowest BCUT2D eigenvalue weighted by molar-refractivity contribution is -0.135. The largest absolute Gasteiger partial charge is 0.481 e. The van der Waals surface area contributed by atoms with Crippen LogP contribution in [0.1, 0.15) is 32.4 Å². The van der Waals surface area contributed by atoms with Crippen LogP contribution in [0.25, 0.3) is 11.1 Å². The van der Waals surface area contributed by atoms with E-state index in [4.69, 9.17) is 19.8 Å². The Bertz CT molecular complexity index is 1190. The highest BCUT2D eigenvalue weighted by Gasteiger charge is 2.20. The molecule has 1 aliphatic rings. The van der Waals surface area contributed by atoms with Crippen LogP contribution in [0.3, 0.4) is 0 Å². The van der Waals surface area contributed by atoms with E-state index in [1.54, 1.807) is 54.1 Å². The Morgan fingerprint density at radius 2 is 1.60 bits per heavy atom. The quantitative estimate of drug-likeness (QED) is 0.444. The first-order valence-corrected chi connectivity index (χ1v) is 13.0. The van der Waals surface area contributed by atoms with Crippen LogP contribution >= 0.6 is 11.3 Å². The standard InChI is InChI=1S/C19H20N4O2S2.2C2H4O2/c24-27(25,18-6-2-1-5-17(18)15-7-9-20-10-8-15)21-13-16-14-26-19(22-16)23-11-3-4-12-23;2*1-2(3)4/h1-2,5-10,14,21H,3-4,11-13H2;2*1H3,(H,3,4). The number of benzene rings is 1. The normalized spacial score (nSPS) is 12.7. The summed E-state index contributed by atoms with van der Waals surface area (Å²) in [4.78, 5) is 29.1. The van der Waals surface area contributed by atoms with Crippen molar-refractivity contribution < 1.29 is 28.2 Å². The van der Waals surface area contributed by atoms with Crippen LogP contribution in [0, 0.1) is 0 Å². The van der Waals surface area contributed by atoms with Gasteiger partial charge in [-0.3, -0.25) is 14.6 Å². The van der Waals surface area contributed by atoms with E-state index in [1.165, 1.54) is 12.8 Å². The van der Waals surface area contributed by atoms with Crippen molar-refractivity contribution in [3.63, 3.8) is 0 Å². The molecule has 0 aliphatic carbocycles. The van der Waals surface area contributed by atoms with E-state index in [2.05, 4.69) is 19.6 Å². The van der Waals surface area contributed by atoms with Crippen LogP contribution in [-0.2, 0) is 26.2 Å². The average Bonchev–Trinajstić information content (AvgIpc) is 3.50. The van der Waals surface area contributed by atoms with Gasteiger partial charge in [0, 0.05) is 50.3 Å². The molecule has 0 saturated carbocycles. The van der Waals surface area contributed by atoms with Crippen molar-refractivity contribution in [2.45, 2.75) is 38.1 Å². The molecule has 3 N–H and O–H groups in total. The Kier molecular flexibility index (Phi) is 10.8. The number of pyridine rings is 1. The molecule has 188 valence electrons. The minimum atomic E-state index is -3.67. The van der Waals surface area contributed by atoms with Gasteiger partial charge in [0.15, 0.2) is 5.13 Å². The molecule has 0 spiro atoms. The maximum Gasteiger partial charge on any atom is 0.300 e. The van der Waals surface area contributed by atoms with Crippen molar-refractivity contribution in [2.24, 2.45) is 0 Å². The fourth-order valence-corrected chi connectivity index (χ4v) is 5.25. The molecule has 1 fully saturated rings. The molecular weight excluding hydrogens is 492 g/mol. The van der Waals surface area contributed by atoms with Crippen molar-refractivity contribution in [1.82, 2.24) is 14.7 Å². The van der Waals surface area contributed by atoms with Crippen molar-refractivity contribution in [1.29, 1.82) is 0 Å². The summed E-state index contributed by atoms with van der Waals surface area (Å²) in [6, 6.07) is 10.6. The maximum atomic E-state index is 12.9. The molecule has 2 aromatic heterocycles. The first-order chi connectivity index (χ1) is 16.6. The smallest absolute Gasteiger partial charge is 0.300 e. The Hall–Kier alpha value is -3.35. The molecule has 3 aromatic rings. The van der Waals surface area contributed by atoms with Gasteiger partial charge >= 0.3 is 0 Å². The van der Waals surface area contributed by atoms with E-state index >= 15 is 0 Å². The number of nitrogens with one attached hydrogen (secondary N) is 1. The average molecular weight is 521 g/mol. The molecule has 4 rings (SSSR count). The monoisotopic (exact) mass is 520 g/mol. The van der Waals surface area contributed by atoms with E-state index in [-0.39, 0.29) is 11.4 Å². The van der Waals surface area contributed by atoms with Gasteiger partial charge in [-0.25, -0.2) is 18.1 Å². The molecular formula is C23H28N4O6S2. The second-order valence-electron chi connectivity index (χ2n) is 7.41. The minimum absolute atomic E-state index is 0.178. The third-order valence-corrected chi connectivity index (χ3v) is 6.94. The molecule has 3 heterocycles. The lowest BCUT2D eigenvalue weighted by Crippen LogP contribution is -2.24. The Morgan fingerprint density at radius 1 is 1.03 bits per heavy atom. The number of anilines is 1. The fraction of sp³-hybridized carbons (Fsp3) is 0.304. The van der Waals surface area contributed by atoms with Crippen molar-refractivity contribution in [3.05, 3.63) is 59.9 Å². The van der Waals surface area contributed by atoms with Crippen LogP contribution in [0.5, 0.6) is 0 Å². The zero-order valence-corrected chi connectivity index (χ0v) is 21.1. The molecule has 1 saturated heterocycles. The number of hydrogen-bond acceptors (Lipinski definition) is 8. The van der Waals surface area contributed by atoms with Crippen molar-refractivity contribution in [3.8, 4) is 11.1 Å². The van der Waals surface area contributed by atoms with Crippen LogP contribution in [0.4, 0.5) is 5.13 Å². The van der Waals surface area contributed by atoms with E-state index in [0.29, 0.717) is 5.56 Å². The number of aromatic nitrogens is 2. The number of carboxylic acid groups (broad SMARTS) is 2. The summed E-state index contributed by atoms with van der Waals surface area (Å²) in [5.41, 5.74) is 2.21. The molecule has 10 nitrogen and oxygen atoms in total. The molecule has 1 aliphatic heterocycles. The number of carbonyl (C=O) groups is 2. The highest BCUT2D eigenvalue weighted by molar-refractivity contribution is 7.89. The third-order valence-electron chi connectivity index (χ3n) is 4.53. The summed E-state index contributed by atoms with van der Waals surface area (Å²) in [5.74, 6) is -1.67. The van der Waals surface area contributed by atoms with Gasteiger partial charge in [-0.15, -0.1) is 11.3 Å². The summed E-state index contributed by atoms with van der Waals surface area (Å²) in [5, 5.41) is 17.7. The van der Waals surface area contributed by atoms with Gasteiger partial charge in [0.05, 0.1) is 17.1 Å². The number of carboxylic acids is 2. The fourth-order valence-electron chi connectivity index (χ4n) is 3.15. The van der Waals surface area contributed by atoms with Crippen LogP contribution in [0.2, 0.25) is 0 Å². The third kappa shape index (κ3) is 9.43. The highest BCUT2D eigenvalue weighted by atomic mass is 32.2. The van der Waals surface area contributed by atoms with E-state index in [0.717, 1.165) is 43.3 Å². The molecule has 0 bridgehead atoms. The predicted octanol–water partition coefficient (Wildman–Crippen LogP) is 3.47. The summed E-state index contributed by atoms with van der Waals surface area (Å²) in [7, 11) is -3.67. The van der Waals surface area contributed by atoms with Crippen LogP contribution in [0.15, 0.2) is 59.1 Å². The summed E-state index contributed by atoms with van der Waals surface area (Å²) < 4.78 is 28.5. The zero-order chi connectivity index (χ0) is 25.8. The Morgan fingerprint density at radius 3 is 2.20 bits per heavy atom. The second kappa shape index (κ2) is 13.5. The predicted molar refractivity (Wildman–Crippen MR) is 134 cm³/mol. The van der Waals surface area contributed by atoms with Crippen molar-refractivity contribution >= 4 is 38.4 Å². The zero-order valence-electron chi connectivity index (χ0n) is 19.4. The van der Waals surface area contributed by atoms with Crippen LogP contribution < -0.4 is 9.62 Å². The number of aliphatic carboxylic acids is 2. The van der Waals surface area contributed by atoms with Gasteiger partial charge < -0.3 is 15.1 Å². The lowest BCUT2D eigenvalue weighted by Gasteiger charge is -2.12. The van der Waals surface area contributed by atoms with Gasteiger partial charge in [0.25, 0.3) is 11.9 Å². The van der Waals surface area contributed by atoms with Gasteiger partial charge in [-0.2, -0.15) is 0 Å². The van der Waals surface area contributed by atoms with E-state index in [9.17, 15) is 8.42 Å². The lowest BCUT2D eigenvalue weighted by atomic mass is 10.1. The van der Waals surface area contributed by atoms with Gasteiger partial charge in [0.2, 0.25) is 10.0 Å². The molecule has 0 amide bonds. The maximum absolute atomic E-state index is 12.9. The van der Waals surface area contributed by atoms with Crippen LogP contribution in [-0.4, -0.2) is 53.6 Å². The molecule has 12 heteroatoms. The molecule has 0 radical (unpaired) electrons. The number of nitrogens with zero attached hydrogens (tertiary/aromatic N) is 3. The summed E-state index contributed by atoms with van der Waals surface area (Å²) in [6.45, 7) is 4.40. The summed E-state index contributed by atoms with van der Waals surface area (Å²) in [6.07, 6.45) is 5.68. The van der Waals surface area contributed by atoms with Gasteiger partial charge in [-0.05, 0) is 36.6 Å². The summed E-state index contributed by atoms with van der Waals surface area (Å²) >= 11 is 1.57. The first-order valence-electron chi connectivity index (χ1n) is 10.7. The Labute approximate surface area is 208 Å². The van der Waals surface area contributed by atoms with Crippen molar-refractivity contribution in [2.75, 3.05) is 18.0 Å². The van der Waals surface area contributed by atoms with Gasteiger partial charge in [0.1, 0.15) is 0 Å². The number of rotatable bonds is 6. The number of hydrogen-bond donors (Lipinski definition) is 3. The second-order valence-corrected chi connectivity index (χ2v) is 9.98. The number of thiazole rings is 1. The molecule has 0 atom stereocenters.